The summed E-state index contributed by atoms with van der Waals surface area (Å²) in [7, 11) is 0. The lowest BCUT2D eigenvalue weighted by atomic mass is 9.84. The molecule has 1 aliphatic rings. The molecule has 0 radical (unpaired) electrons. The first kappa shape index (κ1) is 12.3. The van der Waals surface area contributed by atoms with E-state index in [2.05, 4.69) is 43.0 Å². The van der Waals surface area contributed by atoms with Gasteiger partial charge in [-0.2, -0.15) is 0 Å². The number of nitrogens with zero attached hydrogens (tertiary/aromatic N) is 1. The van der Waals surface area contributed by atoms with Gasteiger partial charge in [0.15, 0.2) is 0 Å². The summed E-state index contributed by atoms with van der Waals surface area (Å²) in [4.78, 5) is 2.20. The van der Waals surface area contributed by atoms with Gasteiger partial charge in [-0.25, -0.2) is 4.39 Å². The zero-order chi connectivity index (χ0) is 12.3. The van der Waals surface area contributed by atoms with Gasteiger partial charge in [0, 0.05) is 25.0 Å². The first-order valence-corrected chi connectivity index (χ1v) is 6.20. The molecule has 0 spiro atoms. The molecule has 0 fully saturated rings. The summed E-state index contributed by atoms with van der Waals surface area (Å²) in [6.45, 7) is 6.77. The molecule has 2 heteroatoms. The first-order chi connectivity index (χ1) is 8.08. The largest absolute Gasteiger partial charge is 0.296 e. The molecule has 0 bridgehead atoms. The van der Waals surface area contributed by atoms with Crippen molar-refractivity contribution in [2.75, 3.05) is 19.6 Å². The Hall–Kier alpha value is -1.15. The third-order valence-corrected chi connectivity index (χ3v) is 3.36. The number of rotatable bonds is 3. The molecule has 0 aromatic heterocycles. The van der Waals surface area contributed by atoms with Crippen LogP contribution in [-0.4, -0.2) is 24.5 Å². The standard InChI is InChI=1S/C15H20FN/c1-15(2,13-7-4-3-5-8-13)12-17-10-6-9-14(16)11-17/h3-5,7-9H,6,10-12H2,1-2H3. The Morgan fingerprint density at radius 2 is 1.94 bits per heavy atom. The smallest absolute Gasteiger partial charge is 0.110 e. The number of hydrogen-bond acceptors (Lipinski definition) is 1. The van der Waals surface area contributed by atoms with Crippen molar-refractivity contribution in [3.8, 4) is 0 Å². The zero-order valence-corrected chi connectivity index (χ0v) is 10.6. The van der Waals surface area contributed by atoms with Crippen LogP contribution in [0.4, 0.5) is 4.39 Å². The zero-order valence-electron chi connectivity index (χ0n) is 10.6. The summed E-state index contributed by atoms with van der Waals surface area (Å²) in [5.74, 6) is 0.0140. The maximum Gasteiger partial charge on any atom is 0.110 e. The molecule has 0 unspecified atom stereocenters. The number of hydrogen-bond donors (Lipinski definition) is 0. The van der Waals surface area contributed by atoms with Crippen LogP contribution >= 0.6 is 0 Å². The average Bonchev–Trinajstić information content (AvgIpc) is 2.29. The van der Waals surface area contributed by atoms with Crippen molar-refractivity contribution in [2.24, 2.45) is 0 Å². The minimum Gasteiger partial charge on any atom is -0.296 e. The van der Waals surface area contributed by atoms with E-state index in [4.69, 9.17) is 0 Å². The van der Waals surface area contributed by atoms with E-state index in [1.807, 2.05) is 6.07 Å². The van der Waals surface area contributed by atoms with Crippen molar-refractivity contribution >= 4 is 0 Å². The monoisotopic (exact) mass is 233 g/mol. The molecule has 0 aliphatic carbocycles. The van der Waals surface area contributed by atoms with E-state index in [-0.39, 0.29) is 11.2 Å². The van der Waals surface area contributed by atoms with Gasteiger partial charge in [-0.1, -0.05) is 50.3 Å². The van der Waals surface area contributed by atoms with Gasteiger partial charge >= 0.3 is 0 Å². The molecule has 0 saturated heterocycles. The number of halogens is 1. The summed E-state index contributed by atoms with van der Waals surface area (Å²) in [5.41, 5.74) is 1.38. The molecule has 1 aliphatic heterocycles. The maximum absolute atomic E-state index is 13.2. The van der Waals surface area contributed by atoms with E-state index in [0.29, 0.717) is 6.54 Å². The quantitative estimate of drug-likeness (QED) is 0.772. The molecule has 1 nitrogen and oxygen atoms in total. The molecule has 92 valence electrons. The summed E-state index contributed by atoms with van der Waals surface area (Å²) < 4.78 is 13.2. The molecule has 1 aromatic carbocycles. The van der Waals surface area contributed by atoms with Crippen molar-refractivity contribution in [2.45, 2.75) is 25.7 Å². The lowest BCUT2D eigenvalue weighted by molar-refractivity contribution is 0.220. The normalized spacial score (nSPS) is 17.9. The van der Waals surface area contributed by atoms with Crippen LogP contribution in [0.3, 0.4) is 0 Å². The molecule has 2 rings (SSSR count). The highest BCUT2D eigenvalue weighted by Gasteiger charge is 2.25. The highest BCUT2D eigenvalue weighted by atomic mass is 19.1. The van der Waals surface area contributed by atoms with Gasteiger partial charge in [0.1, 0.15) is 5.83 Å². The minimum atomic E-state index is 0.0140. The van der Waals surface area contributed by atoms with Crippen molar-refractivity contribution in [3.05, 3.63) is 47.8 Å². The molecule has 0 atom stereocenters. The van der Waals surface area contributed by atoms with Gasteiger partial charge < -0.3 is 0 Å². The van der Waals surface area contributed by atoms with E-state index in [0.717, 1.165) is 19.5 Å². The fourth-order valence-corrected chi connectivity index (χ4v) is 2.44. The topological polar surface area (TPSA) is 3.24 Å². The predicted octanol–water partition coefficient (Wildman–Crippen LogP) is 3.52. The van der Waals surface area contributed by atoms with Gasteiger partial charge in [0.05, 0.1) is 0 Å². The van der Waals surface area contributed by atoms with Crippen LogP contribution in [0.5, 0.6) is 0 Å². The first-order valence-electron chi connectivity index (χ1n) is 6.20. The van der Waals surface area contributed by atoms with Crippen LogP contribution in [0.1, 0.15) is 25.8 Å². The van der Waals surface area contributed by atoms with Crippen LogP contribution in [0.25, 0.3) is 0 Å². The second-order valence-corrected chi connectivity index (χ2v) is 5.40. The van der Waals surface area contributed by atoms with E-state index in [1.54, 1.807) is 6.08 Å². The molecule has 17 heavy (non-hydrogen) atoms. The van der Waals surface area contributed by atoms with Crippen LogP contribution in [0.15, 0.2) is 42.2 Å². The van der Waals surface area contributed by atoms with Gasteiger partial charge in [-0.05, 0) is 12.0 Å². The molecular weight excluding hydrogens is 213 g/mol. The third kappa shape index (κ3) is 3.16. The van der Waals surface area contributed by atoms with Crippen LogP contribution in [0, 0.1) is 0 Å². The van der Waals surface area contributed by atoms with Crippen LogP contribution in [0.2, 0.25) is 0 Å². The Morgan fingerprint density at radius 3 is 2.59 bits per heavy atom. The molecule has 0 amide bonds. The summed E-state index contributed by atoms with van der Waals surface area (Å²) in [5, 5.41) is 0. The molecule has 1 heterocycles. The molecule has 1 aromatic rings. The lowest BCUT2D eigenvalue weighted by Gasteiger charge is -2.34. The highest BCUT2D eigenvalue weighted by Crippen LogP contribution is 2.25. The lowest BCUT2D eigenvalue weighted by Crippen LogP contribution is -2.39. The van der Waals surface area contributed by atoms with Crippen molar-refractivity contribution in [1.29, 1.82) is 0 Å². The Morgan fingerprint density at radius 1 is 1.24 bits per heavy atom. The van der Waals surface area contributed by atoms with Gasteiger partial charge in [-0.3, -0.25) is 4.90 Å². The fourth-order valence-electron chi connectivity index (χ4n) is 2.44. The van der Waals surface area contributed by atoms with Gasteiger partial charge in [-0.15, -0.1) is 0 Å². The van der Waals surface area contributed by atoms with E-state index in [1.165, 1.54) is 5.56 Å². The molecule has 0 saturated carbocycles. The van der Waals surface area contributed by atoms with Gasteiger partial charge in [0.2, 0.25) is 0 Å². The SMILES string of the molecule is CC(C)(CN1CCC=C(F)C1)c1ccccc1. The maximum atomic E-state index is 13.2. The second kappa shape index (κ2) is 5.01. The fraction of sp³-hybridized carbons (Fsp3) is 0.467. The third-order valence-electron chi connectivity index (χ3n) is 3.36. The van der Waals surface area contributed by atoms with E-state index < -0.39 is 0 Å². The Balaban J connectivity index is 2.05. The van der Waals surface area contributed by atoms with Crippen molar-refractivity contribution in [3.63, 3.8) is 0 Å². The second-order valence-electron chi connectivity index (χ2n) is 5.40. The summed E-state index contributed by atoms with van der Waals surface area (Å²) >= 11 is 0. The minimum absolute atomic E-state index is 0.0140. The predicted molar refractivity (Wildman–Crippen MR) is 69.7 cm³/mol. The average molecular weight is 233 g/mol. The van der Waals surface area contributed by atoms with E-state index >= 15 is 0 Å². The summed E-state index contributed by atoms with van der Waals surface area (Å²) in [6.07, 6.45) is 2.53. The van der Waals surface area contributed by atoms with Crippen molar-refractivity contribution in [1.82, 2.24) is 4.90 Å². The Bertz CT molecular complexity index is 395. The van der Waals surface area contributed by atoms with E-state index in [9.17, 15) is 4.39 Å². The summed E-state index contributed by atoms with van der Waals surface area (Å²) in [6, 6.07) is 10.5. The van der Waals surface area contributed by atoms with Gasteiger partial charge in [0.25, 0.3) is 0 Å². The molecule has 0 N–H and O–H groups in total. The van der Waals surface area contributed by atoms with Crippen molar-refractivity contribution < 1.29 is 4.39 Å². The highest BCUT2D eigenvalue weighted by molar-refractivity contribution is 5.24. The van der Waals surface area contributed by atoms with Crippen LogP contribution < -0.4 is 0 Å². The Labute approximate surface area is 103 Å². The Kier molecular flexibility index (Phi) is 3.63. The number of benzene rings is 1. The van der Waals surface area contributed by atoms with Crippen LogP contribution in [-0.2, 0) is 5.41 Å². The molecular formula is C15H20FN.